The zero-order valence-corrected chi connectivity index (χ0v) is 8.03. The lowest BCUT2D eigenvalue weighted by atomic mass is 10.0. The van der Waals surface area contributed by atoms with Crippen LogP contribution >= 0.6 is 0 Å². The Kier molecular flexibility index (Phi) is 5.06. The van der Waals surface area contributed by atoms with Gasteiger partial charge in [0.05, 0.1) is 6.61 Å². The lowest BCUT2D eigenvalue weighted by molar-refractivity contribution is -0.143. The van der Waals surface area contributed by atoms with Gasteiger partial charge in [0.2, 0.25) is 5.91 Å². The molecule has 0 bridgehead atoms. The standard InChI is InChI=1S/C8H15NO4/c1-5(4-13-3)7(8(11)12)9-6(2)10/h5,7H,4H2,1-3H3,(H,9,10)(H,11,12). The van der Waals surface area contributed by atoms with Crippen molar-refractivity contribution in [3.63, 3.8) is 0 Å². The fourth-order valence-electron chi connectivity index (χ4n) is 1.03. The lowest BCUT2D eigenvalue weighted by Gasteiger charge is -2.19. The first kappa shape index (κ1) is 11.9. The van der Waals surface area contributed by atoms with Crippen LogP contribution in [0.25, 0.3) is 0 Å². The number of ether oxygens (including phenoxy) is 1. The Hall–Kier alpha value is -1.10. The first-order valence-corrected chi connectivity index (χ1v) is 3.98. The van der Waals surface area contributed by atoms with Gasteiger partial charge < -0.3 is 15.2 Å². The van der Waals surface area contributed by atoms with Crippen molar-refractivity contribution >= 4 is 11.9 Å². The molecule has 0 fully saturated rings. The third-order valence-electron chi connectivity index (χ3n) is 1.62. The molecule has 0 aromatic carbocycles. The number of rotatable bonds is 5. The molecule has 5 nitrogen and oxygen atoms in total. The number of carboxylic acids is 1. The largest absolute Gasteiger partial charge is 0.480 e. The zero-order chi connectivity index (χ0) is 10.4. The normalized spacial score (nSPS) is 14.7. The molecule has 1 amide bonds. The van der Waals surface area contributed by atoms with E-state index in [4.69, 9.17) is 9.84 Å². The number of nitrogens with one attached hydrogen (secondary N) is 1. The molecular weight excluding hydrogens is 174 g/mol. The zero-order valence-electron chi connectivity index (χ0n) is 8.03. The van der Waals surface area contributed by atoms with Gasteiger partial charge in [-0.3, -0.25) is 4.79 Å². The monoisotopic (exact) mass is 189 g/mol. The van der Waals surface area contributed by atoms with Crippen LogP contribution in [0.1, 0.15) is 13.8 Å². The Morgan fingerprint density at radius 2 is 2.08 bits per heavy atom. The Morgan fingerprint density at radius 3 is 2.38 bits per heavy atom. The Labute approximate surface area is 77.1 Å². The Morgan fingerprint density at radius 1 is 1.54 bits per heavy atom. The average molecular weight is 189 g/mol. The predicted molar refractivity (Wildman–Crippen MR) is 46.3 cm³/mol. The van der Waals surface area contributed by atoms with Gasteiger partial charge in [-0.2, -0.15) is 0 Å². The number of amides is 1. The van der Waals surface area contributed by atoms with Crippen molar-refractivity contribution in [1.29, 1.82) is 0 Å². The van der Waals surface area contributed by atoms with Crippen LogP contribution in [0.4, 0.5) is 0 Å². The maximum atomic E-state index is 10.7. The Bertz CT molecular complexity index is 193. The summed E-state index contributed by atoms with van der Waals surface area (Å²) in [7, 11) is 1.49. The maximum absolute atomic E-state index is 10.7. The summed E-state index contributed by atoms with van der Waals surface area (Å²) in [6, 6.07) is -0.877. The summed E-state index contributed by atoms with van der Waals surface area (Å²) in [6.07, 6.45) is 0. The molecule has 0 aromatic heterocycles. The van der Waals surface area contributed by atoms with Crippen molar-refractivity contribution in [2.75, 3.05) is 13.7 Å². The van der Waals surface area contributed by atoms with E-state index in [0.717, 1.165) is 0 Å². The van der Waals surface area contributed by atoms with Crippen LogP contribution in [0.3, 0.4) is 0 Å². The minimum Gasteiger partial charge on any atom is -0.480 e. The van der Waals surface area contributed by atoms with Gasteiger partial charge in [0, 0.05) is 20.0 Å². The van der Waals surface area contributed by atoms with Gasteiger partial charge in [0.25, 0.3) is 0 Å². The summed E-state index contributed by atoms with van der Waals surface area (Å²) < 4.78 is 4.80. The highest BCUT2D eigenvalue weighted by atomic mass is 16.5. The Balaban J connectivity index is 4.23. The highest BCUT2D eigenvalue weighted by molar-refractivity contribution is 5.82. The SMILES string of the molecule is COCC(C)C(NC(C)=O)C(=O)O. The van der Waals surface area contributed by atoms with Gasteiger partial charge in [-0.1, -0.05) is 6.92 Å². The van der Waals surface area contributed by atoms with Crippen molar-refractivity contribution in [1.82, 2.24) is 5.32 Å². The first-order chi connectivity index (χ1) is 5.99. The number of methoxy groups -OCH3 is 1. The average Bonchev–Trinajstić information content (AvgIpc) is 1.99. The van der Waals surface area contributed by atoms with E-state index in [9.17, 15) is 9.59 Å². The molecule has 0 aliphatic carbocycles. The molecule has 76 valence electrons. The van der Waals surface area contributed by atoms with Crippen LogP contribution in [-0.2, 0) is 14.3 Å². The van der Waals surface area contributed by atoms with E-state index in [0.29, 0.717) is 6.61 Å². The van der Waals surface area contributed by atoms with Gasteiger partial charge in [0.1, 0.15) is 6.04 Å². The third-order valence-corrected chi connectivity index (χ3v) is 1.62. The van der Waals surface area contributed by atoms with Crippen LogP contribution < -0.4 is 5.32 Å². The van der Waals surface area contributed by atoms with Gasteiger partial charge in [-0.25, -0.2) is 4.79 Å². The van der Waals surface area contributed by atoms with E-state index in [-0.39, 0.29) is 11.8 Å². The number of carbonyl (C=O) groups excluding carboxylic acids is 1. The second kappa shape index (κ2) is 5.53. The van der Waals surface area contributed by atoms with Crippen molar-refractivity contribution in [2.45, 2.75) is 19.9 Å². The van der Waals surface area contributed by atoms with Crippen LogP contribution in [0.15, 0.2) is 0 Å². The number of hydrogen-bond donors (Lipinski definition) is 2. The summed E-state index contributed by atoms with van der Waals surface area (Å²) >= 11 is 0. The van der Waals surface area contributed by atoms with Crippen molar-refractivity contribution in [3.05, 3.63) is 0 Å². The second-order valence-electron chi connectivity index (χ2n) is 2.95. The van der Waals surface area contributed by atoms with Gasteiger partial charge in [-0.15, -0.1) is 0 Å². The van der Waals surface area contributed by atoms with E-state index in [1.165, 1.54) is 14.0 Å². The molecule has 2 N–H and O–H groups in total. The summed E-state index contributed by atoms with van der Waals surface area (Å²) in [4.78, 5) is 21.3. The van der Waals surface area contributed by atoms with E-state index >= 15 is 0 Å². The summed E-state index contributed by atoms with van der Waals surface area (Å²) in [6.45, 7) is 3.30. The van der Waals surface area contributed by atoms with E-state index in [2.05, 4.69) is 5.32 Å². The molecule has 0 radical (unpaired) electrons. The van der Waals surface area contributed by atoms with Gasteiger partial charge in [0.15, 0.2) is 0 Å². The quantitative estimate of drug-likeness (QED) is 0.631. The molecule has 5 heteroatoms. The second-order valence-corrected chi connectivity index (χ2v) is 2.95. The van der Waals surface area contributed by atoms with Crippen molar-refractivity contribution in [2.24, 2.45) is 5.92 Å². The molecule has 0 aliphatic rings. The predicted octanol–water partition coefficient (Wildman–Crippen LogP) is -0.142. The molecule has 0 rings (SSSR count). The van der Waals surface area contributed by atoms with Crippen molar-refractivity contribution < 1.29 is 19.4 Å². The smallest absolute Gasteiger partial charge is 0.326 e. The van der Waals surface area contributed by atoms with Crippen LogP contribution in [0.5, 0.6) is 0 Å². The van der Waals surface area contributed by atoms with Crippen LogP contribution in [-0.4, -0.2) is 36.7 Å². The van der Waals surface area contributed by atoms with Gasteiger partial charge in [-0.05, 0) is 0 Å². The highest BCUT2D eigenvalue weighted by Gasteiger charge is 2.24. The molecule has 0 saturated carbocycles. The van der Waals surface area contributed by atoms with E-state index < -0.39 is 12.0 Å². The number of carbonyl (C=O) groups is 2. The first-order valence-electron chi connectivity index (χ1n) is 3.98. The minimum atomic E-state index is -1.04. The molecule has 0 heterocycles. The maximum Gasteiger partial charge on any atom is 0.326 e. The van der Waals surface area contributed by atoms with E-state index in [1.54, 1.807) is 6.92 Å². The van der Waals surface area contributed by atoms with Crippen LogP contribution in [0.2, 0.25) is 0 Å². The minimum absolute atomic E-state index is 0.244. The molecule has 2 unspecified atom stereocenters. The fraction of sp³-hybridized carbons (Fsp3) is 0.750. The summed E-state index contributed by atoms with van der Waals surface area (Å²) in [5.74, 6) is -1.64. The fourth-order valence-corrected chi connectivity index (χ4v) is 1.03. The summed E-state index contributed by atoms with van der Waals surface area (Å²) in [5, 5.41) is 11.1. The summed E-state index contributed by atoms with van der Waals surface area (Å²) in [5.41, 5.74) is 0. The number of carboxylic acid groups (broad SMARTS) is 1. The molecule has 0 aromatic rings. The topological polar surface area (TPSA) is 75.6 Å². The van der Waals surface area contributed by atoms with Crippen molar-refractivity contribution in [3.8, 4) is 0 Å². The lowest BCUT2D eigenvalue weighted by Crippen LogP contribution is -2.45. The number of aliphatic carboxylic acids is 1. The van der Waals surface area contributed by atoms with Gasteiger partial charge >= 0.3 is 5.97 Å². The van der Waals surface area contributed by atoms with Crippen LogP contribution in [0, 0.1) is 5.92 Å². The molecule has 13 heavy (non-hydrogen) atoms. The molecular formula is C8H15NO4. The molecule has 0 aliphatic heterocycles. The third kappa shape index (κ3) is 4.47. The molecule has 0 spiro atoms. The molecule has 2 atom stereocenters. The van der Waals surface area contributed by atoms with E-state index in [1.807, 2.05) is 0 Å². The molecule has 0 saturated heterocycles. The number of hydrogen-bond acceptors (Lipinski definition) is 3. The highest BCUT2D eigenvalue weighted by Crippen LogP contribution is 2.03.